The average molecular weight is 312 g/mol. The van der Waals surface area contributed by atoms with E-state index in [1.165, 1.54) is 0 Å². The predicted octanol–water partition coefficient (Wildman–Crippen LogP) is 3.19. The van der Waals surface area contributed by atoms with E-state index >= 15 is 0 Å². The van der Waals surface area contributed by atoms with Crippen LogP contribution in [0, 0.1) is 0 Å². The molecule has 114 valence electrons. The standard InChI is InChI=1S/C19H12N4O/c24-19-15-8-2-1-7-14(15)17-18(22-11-4-3-9-16(22)21-17)23(19)13-6-5-10-20-12-13/h1-12H. The molecule has 1 aromatic carbocycles. The van der Waals surface area contributed by atoms with Crippen molar-refractivity contribution in [2.24, 2.45) is 0 Å². The number of aromatic nitrogens is 4. The van der Waals surface area contributed by atoms with Gasteiger partial charge in [-0.25, -0.2) is 4.98 Å². The Morgan fingerprint density at radius 3 is 2.54 bits per heavy atom. The van der Waals surface area contributed by atoms with Crippen molar-refractivity contribution in [3.8, 4) is 5.69 Å². The van der Waals surface area contributed by atoms with Crippen LogP contribution in [0.1, 0.15) is 0 Å². The van der Waals surface area contributed by atoms with Gasteiger partial charge in [-0.15, -0.1) is 0 Å². The maximum atomic E-state index is 13.2. The number of nitrogens with zero attached hydrogens (tertiary/aromatic N) is 4. The van der Waals surface area contributed by atoms with Gasteiger partial charge in [0.25, 0.3) is 5.56 Å². The third-order valence-corrected chi connectivity index (χ3v) is 4.24. The number of hydrogen-bond acceptors (Lipinski definition) is 3. The van der Waals surface area contributed by atoms with Gasteiger partial charge in [-0.05, 0) is 30.3 Å². The lowest BCUT2D eigenvalue weighted by atomic mass is 10.1. The van der Waals surface area contributed by atoms with Crippen LogP contribution in [0.2, 0.25) is 0 Å². The fourth-order valence-corrected chi connectivity index (χ4v) is 3.20. The van der Waals surface area contributed by atoms with Crippen LogP contribution in [0.4, 0.5) is 0 Å². The number of pyridine rings is 3. The van der Waals surface area contributed by atoms with Crippen molar-refractivity contribution in [2.45, 2.75) is 0 Å². The summed E-state index contributed by atoms with van der Waals surface area (Å²) in [7, 11) is 0. The van der Waals surface area contributed by atoms with E-state index in [9.17, 15) is 4.79 Å². The minimum absolute atomic E-state index is 0.0725. The summed E-state index contributed by atoms with van der Waals surface area (Å²) in [6.07, 6.45) is 5.31. The summed E-state index contributed by atoms with van der Waals surface area (Å²) in [6, 6.07) is 17.1. The second kappa shape index (κ2) is 4.76. The molecule has 0 fully saturated rings. The molecule has 5 rings (SSSR count). The van der Waals surface area contributed by atoms with E-state index in [1.54, 1.807) is 17.0 Å². The predicted molar refractivity (Wildman–Crippen MR) is 93.6 cm³/mol. The molecule has 0 aliphatic heterocycles. The molecule has 0 amide bonds. The summed E-state index contributed by atoms with van der Waals surface area (Å²) >= 11 is 0. The molecular formula is C19H12N4O. The maximum Gasteiger partial charge on any atom is 0.264 e. The molecule has 0 spiro atoms. The van der Waals surface area contributed by atoms with E-state index < -0.39 is 0 Å². The van der Waals surface area contributed by atoms with Crippen molar-refractivity contribution >= 4 is 27.6 Å². The largest absolute Gasteiger partial charge is 0.285 e. The van der Waals surface area contributed by atoms with Crippen molar-refractivity contribution in [1.29, 1.82) is 0 Å². The number of fused-ring (bicyclic) bond motifs is 5. The van der Waals surface area contributed by atoms with E-state index in [0.717, 1.165) is 27.9 Å². The second-order valence-corrected chi connectivity index (χ2v) is 5.61. The van der Waals surface area contributed by atoms with E-state index in [4.69, 9.17) is 4.98 Å². The van der Waals surface area contributed by atoms with Crippen LogP contribution in [0.3, 0.4) is 0 Å². The van der Waals surface area contributed by atoms with Crippen molar-refractivity contribution in [3.63, 3.8) is 0 Å². The molecule has 0 saturated heterocycles. The summed E-state index contributed by atoms with van der Waals surface area (Å²) in [6.45, 7) is 0. The molecule has 4 aromatic heterocycles. The molecule has 4 heterocycles. The van der Waals surface area contributed by atoms with E-state index in [2.05, 4.69) is 4.98 Å². The number of hydrogen-bond donors (Lipinski definition) is 0. The molecule has 0 atom stereocenters. The fourth-order valence-electron chi connectivity index (χ4n) is 3.20. The van der Waals surface area contributed by atoms with Crippen molar-refractivity contribution in [3.05, 3.63) is 83.5 Å². The molecular weight excluding hydrogens is 300 g/mol. The monoisotopic (exact) mass is 312 g/mol. The first kappa shape index (κ1) is 13.0. The van der Waals surface area contributed by atoms with E-state index in [1.807, 2.05) is 65.2 Å². The van der Waals surface area contributed by atoms with Crippen molar-refractivity contribution in [2.75, 3.05) is 0 Å². The van der Waals surface area contributed by atoms with Crippen molar-refractivity contribution < 1.29 is 0 Å². The van der Waals surface area contributed by atoms with Gasteiger partial charge in [0.15, 0.2) is 5.65 Å². The molecule has 0 aliphatic carbocycles. The topological polar surface area (TPSA) is 52.2 Å². The van der Waals surface area contributed by atoms with Crippen molar-refractivity contribution in [1.82, 2.24) is 18.9 Å². The van der Waals surface area contributed by atoms with E-state index in [-0.39, 0.29) is 5.56 Å². The van der Waals surface area contributed by atoms with Crippen LogP contribution in [0.25, 0.3) is 33.3 Å². The van der Waals surface area contributed by atoms with Crippen LogP contribution in [0.5, 0.6) is 0 Å². The van der Waals surface area contributed by atoms with Gasteiger partial charge in [-0.3, -0.25) is 18.7 Å². The quantitative estimate of drug-likeness (QED) is 0.478. The molecule has 0 bridgehead atoms. The molecule has 0 radical (unpaired) electrons. The zero-order valence-electron chi connectivity index (χ0n) is 12.6. The van der Waals surface area contributed by atoms with Gasteiger partial charge in [0, 0.05) is 23.2 Å². The Kier molecular flexibility index (Phi) is 2.58. The zero-order valence-corrected chi connectivity index (χ0v) is 12.6. The third kappa shape index (κ3) is 1.66. The van der Waals surface area contributed by atoms with Crippen LogP contribution in [-0.4, -0.2) is 18.9 Å². The summed E-state index contributed by atoms with van der Waals surface area (Å²) in [4.78, 5) is 22.1. The minimum Gasteiger partial charge on any atom is -0.285 e. The number of benzene rings is 1. The lowest BCUT2D eigenvalue weighted by molar-refractivity contribution is 1.00. The first-order valence-corrected chi connectivity index (χ1v) is 7.65. The van der Waals surface area contributed by atoms with Gasteiger partial charge < -0.3 is 0 Å². The van der Waals surface area contributed by atoms with Crippen LogP contribution in [-0.2, 0) is 0 Å². The zero-order chi connectivity index (χ0) is 16.1. The van der Waals surface area contributed by atoms with Gasteiger partial charge in [0.1, 0.15) is 11.2 Å². The Morgan fingerprint density at radius 1 is 0.875 bits per heavy atom. The maximum absolute atomic E-state index is 13.2. The Balaban J connectivity index is 2.14. The Morgan fingerprint density at radius 2 is 1.71 bits per heavy atom. The van der Waals surface area contributed by atoms with Gasteiger partial charge >= 0.3 is 0 Å². The first-order chi connectivity index (χ1) is 11.8. The van der Waals surface area contributed by atoms with Crippen LogP contribution < -0.4 is 5.56 Å². The molecule has 5 heteroatoms. The van der Waals surface area contributed by atoms with Crippen LogP contribution in [0.15, 0.2) is 78.0 Å². The Hall–Kier alpha value is -3.47. The Labute approximate surface area is 136 Å². The molecule has 0 N–H and O–H groups in total. The lowest BCUT2D eigenvalue weighted by Crippen LogP contribution is -2.20. The summed E-state index contributed by atoms with van der Waals surface area (Å²) < 4.78 is 3.63. The minimum atomic E-state index is -0.0725. The molecule has 0 saturated carbocycles. The molecule has 5 aromatic rings. The van der Waals surface area contributed by atoms with Gasteiger partial charge in [0.2, 0.25) is 0 Å². The molecule has 0 aliphatic rings. The molecule has 5 nitrogen and oxygen atoms in total. The molecule has 0 unspecified atom stereocenters. The summed E-state index contributed by atoms with van der Waals surface area (Å²) in [5.41, 5.74) is 3.02. The highest BCUT2D eigenvalue weighted by atomic mass is 16.1. The average Bonchev–Trinajstić information content (AvgIpc) is 3.03. The summed E-state index contributed by atoms with van der Waals surface area (Å²) in [5, 5.41) is 1.51. The highest BCUT2D eigenvalue weighted by molar-refractivity contribution is 6.04. The van der Waals surface area contributed by atoms with E-state index in [0.29, 0.717) is 5.39 Å². The number of rotatable bonds is 1. The normalized spacial score (nSPS) is 11.5. The fraction of sp³-hybridized carbons (Fsp3) is 0. The first-order valence-electron chi connectivity index (χ1n) is 7.65. The lowest BCUT2D eigenvalue weighted by Gasteiger charge is -2.10. The second-order valence-electron chi connectivity index (χ2n) is 5.61. The smallest absolute Gasteiger partial charge is 0.264 e. The summed E-state index contributed by atoms with van der Waals surface area (Å²) in [5.74, 6) is 0. The Bertz CT molecular complexity index is 1270. The van der Waals surface area contributed by atoms with Gasteiger partial charge in [0.05, 0.1) is 11.9 Å². The highest BCUT2D eigenvalue weighted by Gasteiger charge is 2.16. The molecule has 24 heavy (non-hydrogen) atoms. The third-order valence-electron chi connectivity index (χ3n) is 4.24. The highest BCUT2D eigenvalue weighted by Crippen LogP contribution is 2.25. The number of imidazole rings is 1. The van der Waals surface area contributed by atoms with Gasteiger partial charge in [-0.1, -0.05) is 24.3 Å². The van der Waals surface area contributed by atoms with Gasteiger partial charge in [-0.2, -0.15) is 0 Å². The SMILES string of the molecule is O=c1c2ccccc2c2nc3ccccn3c2n1-c1cccnc1. The van der Waals surface area contributed by atoms with Crippen LogP contribution >= 0.6 is 0 Å².